The van der Waals surface area contributed by atoms with Crippen molar-refractivity contribution in [2.45, 2.75) is 25.0 Å². The molecule has 1 heterocycles. The molecule has 0 spiro atoms. The van der Waals surface area contributed by atoms with Gasteiger partial charge in [-0.3, -0.25) is 14.9 Å². The smallest absolute Gasteiger partial charge is 0.308 e. The Bertz CT molecular complexity index is 867. The van der Waals surface area contributed by atoms with Crippen LogP contribution in [0.3, 0.4) is 0 Å². The van der Waals surface area contributed by atoms with E-state index in [1.165, 1.54) is 31.2 Å². The van der Waals surface area contributed by atoms with Gasteiger partial charge in [0.15, 0.2) is 5.41 Å². The number of benzene rings is 1. The van der Waals surface area contributed by atoms with Gasteiger partial charge in [0.2, 0.25) is 6.10 Å². The van der Waals surface area contributed by atoms with Gasteiger partial charge in [-0.2, -0.15) is 10.5 Å². The molecule has 1 aromatic carbocycles. The third kappa shape index (κ3) is 1.94. The molecule has 25 heavy (non-hydrogen) atoms. The van der Waals surface area contributed by atoms with Crippen LogP contribution in [0, 0.1) is 44.1 Å². The second kappa shape index (κ2) is 5.32. The van der Waals surface area contributed by atoms with E-state index in [1.807, 2.05) is 12.1 Å². The number of nitriles is 2. The fourth-order valence-corrected chi connectivity index (χ4v) is 3.82. The van der Waals surface area contributed by atoms with Gasteiger partial charge < -0.3 is 9.47 Å². The van der Waals surface area contributed by atoms with Crippen LogP contribution in [0.2, 0.25) is 0 Å². The predicted molar refractivity (Wildman–Crippen MR) is 82.8 cm³/mol. The maximum absolute atomic E-state index is 12.1. The molecular weight excluding hydrogens is 326 g/mol. The number of hydrogen-bond acceptors (Lipinski definition) is 7. The Kier molecular flexibility index (Phi) is 3.50. The van der Waals surface area contributed by atoms with Crippen LogP contribution in [-0.2, 0) is 10.3 Å². The number of carbonyl (C=O) groups is 1. The summed E-state index contributed by atoms with van der Waals surface area (Å²) in [6.07, 6.45) is 0.0332. The third-order valence-corrected chi connectivity index (χ3v) is 4.83. The van der Waals surface area contributed by atoms with E-state index < -0.39 is 33.9 Å². The molecule has 8 heteroatoms. The first-order chi connectivity index (χ1) is 11.9. The lowest BCUT2D eigenvalue weighted by atomic mass is 9.79. The topological polar surface area (TPSA) is 126 Å². The molecule has 1 aliphatic heterocycles. The molecule has 1 unspecified atom stereocenters. The van der Waals surface area contributed by atoms with E-state index in [0.29, 0.717) is 0 Å². The molecule has 0 aromatic heterocycles. The number of ether oxygens (including phenoxy) is 2. The van der Waals surface area contributed by atoms with Gasteiger partial charge in [0.1, 0.15) is 11.5 Å². The van der Waals surface area contributed by atoms with Gasteiger partial charge in [-0.15, -0.1) is 6.58 Å². The SMILES string of the molecule is C=CC1CC(C#N)(C#N)[C@@H]2Oc3ccc(OC(C)=O)cc3[C@]12[N+](=O)[O-]. The van der Waals surface area contributed by atoms with Gasteiger partial charge in [-0.25, -0.2) is 0 Å². The maximum Gasteiger partial charge on any atom is 0.308 e. The molecule has 0 bridgehead atoms. The Morgan fingerprint density at radius 3 is 2.72 bits per heavy atom. The second-order valence-electron chi connectivity index (χ2n) is 6.07. The summed E-state index contributed by atoms with van der Waals surface area (Å²) in [5.41, 5.74) is -3.33. The molecule has 0 N–H and O–H groups in total. The van der Waals surface area contributed by atoms with Crippen LogP contribution in [0.15, 0.2) is 30.9 Å². The molecule has 1 aliphatic carbocycles. The minimum Gasteiger partial charge on any atom is -0.479 e. The molecule has 0 saturated heterocycles. The minimum atomic E-state index is -1.83. The van der Waals surface area contributed by atoms with Crippen LogP contribution in [0.4, 0.5) is 0 Å². The van der Waals surface area contributed by atoms with Crippen LogP contribution in [0.1, 0.15) is 18.9 Å². The molecule has 1 saturated carbocycles. The van der Waals surface area contributed by atoms with E-state index in [2.05, 4.69) is 6.58 Å². The Hall–Kier alpha value is -3.39. The van der Waals surface area contributed by atoms with Crippen molar-refractivity contribution in [2.24, 2.45) is 11.3 Å². The zero-order valence-electron chi connectivity index (χ0n) is 13.3. The number of esters is 1. The number of fused-ring (bicyclic) bond motifs is 3. The van der Waals surface area contributed by atoms with Gasteiger partial charge >= 0.3 is 5.97 Å². The van der Waals surface area contributed by atoms with Crippen LogP contribution in [0.5, 0.6) is 11.5 Å². The van der Waals surface area contributed by atoms with Gasteiger partial charge in [-0.1, -0.05) is 6.08 Å². The second-order valence-corrected chi connectivity index (χ2v) is 6.07. The van der Waals surface area contributed by atoms with Gasteiger partial charge in [-0.05, 0) is 24.6 Å². The summed E-state index contributed by atoms with van der Waals surface area (Å²) in [7, 11) is 0. The molecule has 126 valence electrons. The van der Waals surface area contributed by atoms with E-state index in [9.17, 15) is 25.4 Å². The first-order valence-electron chi connectivity index (χ1n) is 7.45. The van der Waals surface area contributed by atoms with E-state index in [4.69, 9.17) is 9.47 Å². The molecular formula is C17H13N3O5. The summed E-state index contributed by atoms with van der Waals surface area (Å²) in [6.45, 7) is 4.86. The van der Waals surface area contributed by atoms with Crippen LogP contribution in [-0.4, -0.2) is 17.0 Å². The van der Waals surface area contributed by atoms with E-state index >= 15 is 0 Å². The van der Waals surface area contributed by atoms with E-state index in [-0.39, 0.29) is 23.5 Å². The average Bonchev–Trinajstić information content (AvgIpc) is 3.06. The lowest BCUT2D eigenvalue weighted by Gasteiger charge is -2.25. The largest absolute Gasteiger partial charge is 0.479 e. The van der Waals surface area contributed by atoms with Crippen molar-refractivity contribution in [1.29, 1.82) is 10.5 Å². The van der Waals surface area contributed by atoms with Crippen LogP contribution < -0.4 is 9.47 Å². The summed E-state index contributed by atoms with van der Waals surface area (Å²) in [4.78, 5) is 22.8. The average molecular weight is 339 g/mol. The fraction of sp³-hybridized carbons (Fsp3) is 0.353. The highest BCUT2D eigenvalue weighted by Crippen LogP contribution is 2.62. The molecule has 0 amide bonds. The van der Waals surface area contributed by atoms with Crippen LogP contribution in [0.25, 0.3) is 0 Å². The third-order valence-electron chi connectivity index (χ3n) is 4.83. The Balaban J connectivity index is 2.27. The zero-order chi connectivity index (χ0) is 18.4. The van der Waals surface area contributed by atoms with E-state index in [1.54, 1.807) is 0 Å². The number of hydrogen-bond donors (Lipinski definition) is 0. The van der Waals surface area contributed by atoms with Crippen molar-refractivity contribution in [3.8, 4) is 23.6 Å². The van der Waals surface area contributed by atoms with Gasteiger partial charge in [0.25, 0.3) is 5.54 Å². The van der Waals surface area contributed by atoms with Gasteiger partial charge in [0.05, 0.1) is 23.6 Å². The zero-order valence-corrected chi connectivity index (χ0v) is 13.3. The summed E-state index contributed by atoms with van der Waals surface area (Å²) >= 11 is 0. The Labute approximate surface area is 143 Å². The van der Waals surface area contributed by atoms with Gasteiger partial charge in [0, 0.05) is 11.8 Å². The summed E-state index contributed by atoms with van der Waals surface area (Å²) in [5, 5.41) is 31.2. The molecule has 3 rings (SSSR count). The minimum absolute atomic E-state index is 0.0631. The molecule has 8 nitrogen and oxygen atoms in total. The highest BCUT2D eigenvalue weighted by molar-refractivity contribution is 5.69. The monoisotopic (exact) mass is 339 g/mol. The normalized spacial score (nSPS) is 27.8. The molecule has 1 fully saturated rings. The Morgan fingerprint density at radius 1 is 1.52 bits per heavy atom. The summed E-state index contributed by atoms with van der Waals surface area (Å²) < 4.78 is 10.7. The number of carbonyl (C=O) groups excluding carboxylic acids is 1. The quantitative estimate of drug-likeness (QED) is 0.271. The maximum atomic E-state index is 12.1. The van der Waals surface area contributed by atoms with Crippen LogP contribution >= 0.6 is 0 Å². The highest BCUT2D eigenvalue weighted by atomic mass is 16.6. The van der Waals surface area contributed by atoms with Crippen molar-refractivity contribution in [2.75, 3.05) is 0 Å². The molecule has 1 aromatic rings. The predicted octanol–water partition coefficient (Wildman–Crippen LogP) is 2.08. The molecule has 2 aliphatic rings. The Morgan fingerprint density at radius 2 is 2.20 bits per heavy atom. The lowest BCUT2D eigenvalue weighted by molar-refractivity contribution is -0.591. The van der Waals surface area contributed by atoms with Crippen molar-refractivity contribution < 1.29 is 19.2 Å². The number of nitro groups is 1. The van der Waals surface area contributed by atoms with Crippen molar-refractivity contribution in [3.05, 3.63) is 46.5 Å². The molecule has 3 atom stereocenters. The first-order valence-corrected chi connectivity index (χ1v) is 7.45. The standard InChI is InChI=1S/C17H13N3O5/c1-3-11-7-16(8-18,9-19)15-17(11,20(22)23)13-6-12(24-10(2)21)4-5-14(13)25-15/h3-6,11,15H,1,7H2,2H3/t11?,15-,17+/m0/s1. The highest BCUT2D eigenvalue weighted by Gasteiger charge is 2.76. The number of nitrogens with zero attached hydrogens (tertiary/aromatic N) is 3. The van der Waals surface area contributed by atoms with Crippen molar-refractivity contribution >= 4 is 5.97 Å². The first kappa shape index (κ1) is 16.5. The summed E-state index contributed by atoms with van der Waals surface area (Å²) in [6, 6.07) is 8.05. The summed E-state index contributed by atoms with van der Waals surface area (Å²) in [5.74, 6) is -1.04. The number of rotatable bonds is 3. The van der Waals surface area contributed by atoms with Crippen molar-refractivity contribution in [3.63, 3.8) is 0 Å². The van der Waals surface area contributed by atoms with E-state index in [0.717, 1.165) is 0 Å². The molecule has 0 radical (unpaired) electrons. The lowest BCUT2D eigenvalue weighted by Crippen LogP contribution is -2.49. The van der Waals surface area contributed by atoms with Crippen molar-refractivity contribution in [1.82, 2.24) is 0 Å². The fourth-order valence-electron chi connectivity index (χ4n) is 3.82.